The quantitative estimate of drug-likeness (QED) is 0.474. The van der Waals surface area contributed by atoms with Gasteiger partial charge in [0.1, 0.15) is 5.76 Å². The lowest BCUT2D eigenvalue weighted by atomic mass is 10.1. The van der Waals surface area contributed by atoms with Crippen molar-refractivity contribution in [1.82, 2.24) is 0 Å². The molecule has 0 radical (unpaired) electrons. The Hall–Kier alpha value is -2.88. The molecule has 1 N–H and O–H groups in total. The molecule has 0 saturated carbocycles. The van der Waals surface area contributed by atoms with Crippen LogP contribution < -0.4 is 16.2 Å². The third-order valence-electron chi connectivity index (χ3n) is 3.89. The molecule has 0 aliphatic rings. The van der Waals surface area contributed by atoms with Crippen molar-refractivity contribution >= 4 is 5.69 Å². The maximum Gasteiger partial charge on any atom is 0.249 e. The minimum Gasteiger partial charge on any atom is -0.497 e. The molecule has 0 bridgehead atoms. The Labute approximate surface area is 155 Å². The van der Waals surface area contributed by atoms with Gasteiger partial charge >= 0.3 is 0 Å². The smallest absolute Gasteiger partial charge is 0.249 e. The summed E-state index contributed by atoms with van der Waals surface area (Å²) in [7, 11) is 1.61. The summed E-state index contributed by atoms with van der Waals surface area (Å²) in [6.45, 7) is 11.3. The van der Waals surface area contributed by atoms with Gasteiger partial charge in [0.25, 0.3) is 0 Å². The fourth-order valence-electron chi connectivity index (χ4n) is 2.34. The molecule has 0 aromatic heterocycles. The van der Waals surface area contributed by atoms with Crippen molar-refractivity contribution in [2.24, 2.45) is 0 Å². The highest BCUT2D eigenvalue weighted by atomic mass is 16.5. The second-order valence-electron chi connectivity index (χ2n) is 5.99. The van der Waals surface area contributed by atoms with E-state index in [2.05, 4.69) is 11.9 Å². The van der Waals surface area contributed by atoms with Crippen LogP contribution in [0, 0.1) is 6.92 Å². The predicted octanol–water partition coefficient (Wildman–Crippen LogP) is 4.43. The van der Waals surface area contributed by atoms with Crippen molar-refractivity contribution in [3.8, 4) is 0 Å². The minimum atomic E-state index is -0.403. The highest BCUT2D eigenvalue weighted by Gasteiger charge is 2.18. The summed E-state index contributed by atoms with van der Waals surface area (Å²) < 4.78 is 4.86. The Bertz CT molecular complexity index is 853. The van der Waals surface area contributed by atoms with Gasteiger partial charge in [0.2, 0.25) is 10.9 Å². The van der Waals surface area contributed by atoms with Crippen LogP contribution in [-0.2, 0) is 4.74 Å². The number of benzene rings is 1. The van der Waals surface area contributed by atoms with Gasteiger partial charge in [-0.1, -0.05) is 49.1 Å². The Morgan fingerprint density at radius 2 is 1.81 bits per heavy atom. The molecular weight excluding hydrogens is 326 g/mol. The molecule has 138 valence electrons. The summed E-state index contributed by atoms with van der Waals surface area (Å²) in [6, 6.07) is 9.84. The largest absolute Gasteiger partial charge is 0.497 e. The Kier molecular flexibility index (Phi) is 8.29. The number of hydrogen-bond acceptors (Lipinski definition) is 4. The van der Waals surface area contributed by atoms with Gasteiger partial charge in [-0.25, -0.2) is 0 Å². The summed E-state index contributed by atoms with van der Waals surface area (Å²) in [5, 5.41) is 3.07. The van der Waals surface area contributed by atoms with E-state index < -0.39 is 5.43 Å². The van der Waals surface area contributed by atoms with Gasteiger partial charge in [0.05, 0.1) is 12.8 Å². The van der Waals surface area contributed by atoms with Crippen LogP contribution in [0.3, 0.4) is 0 Å². The van der Waals surface area contributed by atoms with Crippen LogP contribution in [0.2, 0.25) is 0 Å². The average molecular weight is 353 g/mol. The third kappa shape index (κ3) is 5.88. The molecule has 2 aromatic carbocycles. The number of nitrogens with one attached hydrogen (secondary N) is 1. The van der Waals surface area contributed by atoms with Gasteiger partial charge in [-0.15, -0.1) is 0 Å². The van der Waals surface area contributed by atoms with Crippen LogP contribution >= 0.6 is 0 Å². The highest BCUT2D eigenvalue weighted by Crippen LogP contribution is 2.18. The normalized spacial score (nSPS) is 12.4. The lowest BCUT2D eigenvalue weighted by Gasteiger charge is -2.17. The van der Waals surface area contributed by atoms with Gasteiger partial charge in [-0.3, -0.25) is 9.59 Å². The first-order chi connectivity index (χ1) is 12.3. The van der Waals surface area contributed by atoms with Crippen molar-refractivity contribution in [2.45, 2.75) is 33.7 Å². The van der Waals surface area contributed by atoms with Crippen LogP contribution in [0.1, 0.15) is 37.9 Å². The molecule has 0 amide bonds. The molecule has 1 unspecified atom stereocenters. The molecule has 0 fully saturated rings. The van der Waals surface area contributed by atoms with Gasteiger partial charge in [-0.2, -0.15) is 0 Å². The van der Waals surface area contributed by atoms with Crippen LogP contribution in [-0.4, -0.2) is 7.11 Å². The molecular formula is C22H27NO3. The molecule has 0 heterocycles. The Balaban J connectivity index is 0.000000294. The fourth-order valence-corrected chi connectivity index (χ4v) is 2.34. The van der Waals surface area contributed by atoms with Gasteiger partial charge in [0, 0.05) is 11.6 Å². The first kappa shape index (κ1) is 21.2. The van der Waals surface area contributed by atoms with Crippen LogP contribution in [0.25, 0.3) is 0 Å². The van der Waals surface area contributed by atoms with Gasteiger partial charge < -0.3 is 10.1 Å². The van der Waals surface area contributed by atoms with Crippen molar-refractivity contribution in [3.63, 3.8) is 0 Å². The van der Waals surface area contributed by atoms with E-state index >= 15 is 0 Å². The lowest BCUT2D eigenvalue weighted by molar-refractivity contribution is 0.308. The second-order valence-corrected chi connectivity index (χ2v) is 5.99. The van der Waals surface area contributed by atoms with Crippen molar-refractivity contribution in [1.29, 1.82) is 0 Å². The fraction of sp³-hybridized carbons (Fsp3) is 0.273. The van der Waals surface area contributed by atoms with Crippen molar-refractivity contribution < 1.29 is 4.74 Å². The average Bonchev–Trinajstić information content (AvgIpc) is 2.66. The van der Waals surface area contributed by atoms with Crippen LogP contribution in [0.5, 0.6) is 0 Å². The summed E-state index contributed by atoms with van der Waals surface area (Å²) >= 11 is 0. The van der Waals surface area contributed by atoms with E-state index in [0.717, 1.165) is 11.1 Å². The topological polar surface area (TPSA) is 55.4 Å². The van der Waals surface area contributed by atoms with E-state index in [0.29, 0.717) is 17.0 Å². The predicted molar refractivity (Wildman–Crippen MR) is 109 cm³/mol. The van der Waals surface area contributed by atoms with E-state index in [1.807, 2.05) is 69.3 Å². The molecule has 4 heteroatoms. The Morgan fingerprint density at radius 1 is 1.19 bits per heavy atom. The van der Waals surface area contributed by atoms with E-state index in [9.17, 15) is 9.59 Å². The standard InChI is InChI=1S/C13H13NO2.C9H14O/c1-8-11(13(16)12(8)15)14-9(2)10-6-4-3-5-7-10;1-5-6-8(2)7-9(3)10-4/h3-7,9,14H,1-2H3;5-7H,3H2,1-2,4H3/b;6-5-,8-7-. The zero-order chi connectivity index (χ0) is 19.7. The third-order valence-corrected chi connectivity index (χ3v) is 3.89. The number of anilines is 1. The molecule has 0 spiro atoms. The molecule has 1 atom stereocenters. The monoisotopic (exact) mass is 353 g/mol. The van der Waals surface area contributed by atoms with E-state index in [1.54, 1.807) is 14.0 Å². The minimum absolute atomic E-state index is 0.0307. The SMILES string of the molecule is C=C(/C=C(C)\C=C/C)OC.Cc1c(NC(C)c2ccccc2)c(=O)c1=O. The molecule has 0 saturated heterocycles. The number of ether oxygens (including phenoxy) is 1. The molecule has 2 aromatic rings. The van der Waals surface area contributed by atoms with Gasteiger partial charge in [-0.05, 0) is 44.9 Å². The molecule has 0 aliphatic carbocycles. The number of methoxy groups -OCH3 is 1. The van der Waals surface area contributed by atoms with Crippen LogP contribution in [0.4, 0.5) is 5.69 Å². The van der Waals surface area contributed by atoms with Crippen LogP contribution in [0.15, 0.2) is 76.1 Å². The molecule has 0 aliphatic heterocycles. The maximum absolute atomic E-state index is 11.3. The van der Waals surface area contributed by atoms with E-state index in [4.69, 9.17) is 4.74 Å². The van der Waals surface area contributed by atoms with E-state index in [-0.39, 0.29) is 11.5 Å². The summed E-state index contributed by atoms with van der Waals surface area (Å²) in [5.74, 6) is 0.690. The summed E-state index contributed by atoms with van der Waals surface area (Å²) in [5.41, 5.74) is 2.46. The molecule has 4 nitrogen and oxygen atoms in total. The first-order valence-electron chi connectivity index (χ1n) is 8.47. The maximum atomic E-state index is 11.3. The number of hydrogen-bond donors (Lipinski definition) is 1. The Morgan fingerprint density at radius 3 is 2.31 bits per heavy atom. The summed E-state index contributed by atoms with van der Waals surface area (Å²) in [6.07, 6.45) is 5.87. The second kappa shape index (κ2) is 10.2. The zero-order valence-electron chi connectivity index (χ0n) is 16.1. The first-order valence-corrected chi connectivity index (χ1v) is 8.47. The lowest BCUT2D eigenvalue weighted by Crippen LogP contribution is -2.37. The van der Waals surface area contributed by atoms with Gasteiger partial charge in [0.15, 0.2) is 0 Å². The molecule has 26 heavy (non-hydrogen) atoms. The zero-order valence-corrected chi connectivity index (χ0v) is 16.1. The number of rotatable bonds is 6. The van der Waals surface area contributed by atoms with Crippen molar-refractivity contribution in [3.05, 3.63) is 98.0 Å². The van der Waals surface area contributed by atoms with E-state index in [1.165, 1.54) is 0 Å². The number of allylic oxidation sites excluding steroid dienone is 4. The van der Waals surface area contributed by atoms with Crippen molar-refractivity contribution in [2.75, 3.05) is 12.4 Å². The molecule has 2 rings (SSSR count). The highest BCUT2D eigenvalue weighted by molar-refractivity contribution is 5.56. The summed E-state index contributed by atoms with van der Waals surface area (Å²) in [4.78, 5) is 22.3.